The van der Waals surface area contributed by atoms with Crippen LogP contribution in [0.3, 0.4) is 0 Å². The van der Waals surface area contributed by atoms with Gasteiger partial charge in [-0.15, -0.1) is 0 Å². The van der Waals surface area contributed by atoms with Gasteiger partial charge in [-0.1, -0.05) is 483 Å². The van der Waals surface area contributed by atoms with Gasteiger partial charge in [-0.25, -0.2) is 0 Å². The van der Waals surface area contributed by atoms with E-state index in [1.54, 1.807) is 0 Å². The molecule has 20 aromatic carbocycles. The first-order valence-corrected chi connectivity index (χ1v) is 55.3. The maximum absolute atomic E-state index is 3.00. The Morgan fingerprint density at radius 1 is 0.181 bits per heavy atom. The number of fused-ring (bicyclic) bond motifs is 7. The first-order valence-electron chi connectivity index (χ1n) is 53.3. The molecule has 0 atom stereocenters. The summed E-state index contributed by atoms with van der Waals surface area (Å²) in [4.78, 5) is 5.62. The van der Waals surface area contributed by atoms with Gasteiger partial charge < -0.3 is 14.4 Å². The minimum Gasteiger partial charge on any atom is -0.310 e. The normalized spacial score (nSPS) is 12.9. The van der Waals surface area contributed by atoms with Gasteiger partial charge in [-0.05, 0) is 295 Å². The molecule has 3 nitrogen and oxygen atoms in total. The molecule has 3 heterocycles. The summed E-state index contributed by atoms with van der Waals surface area (Å²) < 4.78 is 2.61. The molecule has 0 fully saturated rings. The Hall–Kier alpha value is -15.9. The zero-order chi connectivity index (χ0) is 103. The fourth-order valence-corrected chi connectivity index (χ4v) is 28.1. The average molecular weight is 1940 g/mol. The molecule has 0 saturated carbocycles. The van der Waals surface area contributed by atoms with Gasteiger partial charge in [0.2, 0.25) is 0 Å². The largest absolute Gasteiger partial charge is 0.310 e. The monoisotopic (exact) mass is 1940 g/mol. The highest BCUT2D eigenvalue weighted by Gasteiger charge is 2.48. The van der Waals surface area contributed by atoms with Gasteiger partial charge >= 0.3 is 0 Å². The number of anilines is 6. The molecule has 0 radical (unpaired) electrons. The molecule has 0 aliphatic carbocycles. The smallest absolute Gasteiger partial charge is 0.252 e. The fourth-order valence-electron chi connectivity index (χ4n) is 23.3. The highest BCUT2D eigenvalue weighted by atomic mass is 28.3. The van der Waals surface area contributed by atoms with Gasteiger partial charge in [-0.2, -0.15) is 0 Å². The van der Waals surface area contributed by atoms with Crippen LogP contribution in [0.2, 0.25) is 0 Å². The van der Waals surface area contributed by atoms with Crippen molar-refractivity contribution in [3.05, 3.63) is 494 Å². The van der Waals surface area contributed by atoms with Crippen LogP contribution < -0.4 is 46.9 Å². The molecule has 2 aliphatic heterocycles. The van der Waals surface area contributed by atoms with Crippen LogP contribution in [-0.2, 0) is 32.5 Å². The summed E-state index contributed by atoms with van der Waals surface area (Å²) in [6, 6.07) is 179. The van der Waals surface area contributed by atoms with E-state index in [1.807, 2.05) is 0 Å². The van der Waals surface area contributed by atoms with E-state index in [-0.39, 0.29) is 32.5 Å². The van der Waals surface area contributed by atoms with Crippen molar-refractivity contribution in [3.8, 4) is 117 Å². The Labute approximate surface area is 884 Å². The second-order valence-electron chi connectivity index (χ2n) is 47.7. The van der Waals surface area contributed by atoms with Crippen LogP contribution in [-0.4, -0.2) is 19.4 Å². The second-order valence-corrected chi connectivity index (χ2v) is 51.5. The van der Waals surface area contributed by atoms with Crippen molar-refractivity contribution in [1.29, 1.82) is 0 Å². The molecule has 0 saturated heterocycles. The van der Waals surface area contributed by atoms with Crippen molar-refractivity contribution in [1.82, 2.24) is 4.57 Å². The van der Waals surface area contributed by atoms with Crippen LogP contribution in [0.4, 0.5) is 34.1 Å². The molecule has 1 aromatic heterocycles. The van der Waals surface area contributed by atoms with E-state index in [0.717, 1.165) is 162 Å². The number of nitrogens with zero attached hydrogens (tertiary/aromatic N) is 3. The third-order valence-corrected chi connectivity index (χ3v) is 36.4. The molecule has 0 bridgehead atoms. The number of hydrogen-bond acceptors (Lipinski definition) is 2. The molecule has 0 N–H and O–H groups in total. The lowest BCUT2D eigenvalue weighted by molar-refractivity contribution is 0.569. The average Bonchev–Trinajstić information content (AvgIpc) is 1.15. The van der Waals surface area contributed by atoms with Crippen molar-refractivity contribution < 1.29 is 0 Å². The van der Waals surface area contributed by atoms with Crippen molar-refractivity contribution in [2.45, 2.75) is 157 Å². The third-order valence-electron chi connectivity index (χ3n) is 31.6. The summed E-state index contributed by atoms with van der Waals surface area (Å²) in [5, 5.41) is 7.80. The Kier molecular flexibility index (Phi) is 24.3. The summed E-state index contributed by atoms with van der Waals surface area (Å²) in [5.74, 6) is 0. The fraction of sp³-hybridized carbons (Fsp3) is 0.167. The van der Waals surface area contributed by atoms with E-state index in [1.165, 1.54) is 81.3 Å². The van der Waals surface area contributed by atoms with Crippen LogP contribution in [0.25, 0.3) is 139 Å². The van der Waals surface area contributed by atoms with Crippen molar-refractivity contribution in [3.63, 3.8) is 0 Å². The van der Waals surface area contributed by atoms with E-state index < -0.39 is 14.8 Å². The Morgan fingerprint density at radius 3 is 0.819 bits per heavy atom. The van der Waals surface area contributed by atoms with Gasteiger partial charge in [-0.3, -0.25) is 0 Å². The Balaban J connectivity index is 0.920. The molecule has 5 heteroatoms. The summed E-state index contributed by atoms with van der Waals surface area (Å²) >= 11 is 0. The summed E-state index contributed by atoms with van der Waals surface area (Å²) in [5.41, 5.74) is 42.3. The number of hydrogen-bond donors (Lipinski definition) is 0. The maximum Gasteiger partial charge on any atom is 0.252 e. The highest BCUT2D eigenvalue weighted by molar-refractivity contribution is 7.20. The van der Waals surface area contributed by atoms with Crippen LogP contribution in [0.1, 0.15) is 158 Å². The van der Waals surface area contributed by atoms with Crippen molar-refractivity contribution >= 4 is 108 Å². The van der Waals surface area contributed by atoms with Gasteiger partial charge in [0.15, 0.2) is 8.07 Å². The molecule has 728 valence electrons. The summed E-state index contributed by atoms with van der Waals surface area (Å²) in [7, 11) is -3.00. The maximum atomic E-state index is 2.83. The minimum absolute atomic E-state index is 0.126. The van der Waals surface area contributed by atoms with Gasteiger partial charge in [0, 0.05) is 61.5 Å². The quantitative estimate of drug-likeness (QED) is 0.0665. The summed E-state index contributed by atoms with van der Waals surface area (Å²) in [6.45, 7) is 42.4. The van der Waals surface area contributed by atoms with Crippen molar-refractivity contribution in [2.75, 3.05) is 9.80 Å². The standard InChI is InChI=1S/C144H130BN3Si/c1-139(2,3)111-69-76-130-126(88-111)127-89-112(140(4,5)6)70-77-131(127)146(130)117-71-74-128-133(94-117)148(138-124(107-58-42-54-102(80-107)97-48-30-21-31-49-97)92-116(144(16,17)18)93-125(138)108-59-43-55-103(81-108)98-50-32-22-33-51-98)135-86-110(109-82-113(141(7,8)9)87-114(83-109)142(10,11)12)85-134-136(135)145(128)129-84-104(99-66-72-121(73-67-99)149(118-60-34-23-35-61-118,119-62-36-24-37-63-119)120-64-38-25-39-65-120)68-75-132(129)147(134)137-122(105-56-40-52-100(78-105)95-44-26-19-27-45-95)90-115(143(13,14)15)91-123(137)106-57-41-53-101(79-106)96-46-28-20-29-47-96/h19-94H,1-18H3. The zero-order valence-electron chi connectivity index (χ0n) is 89.3. The van der Waals surface area contributed by atoms with Crippen LogP contribution in [0.5, 0.6) is 0 Å². The van der Waals surface area contributed by atoms with E-state index in [0.29, 0.717) is 0 Å². The lowest BCUT2D eigenvalue weighted by atomic mass is 9.33. The van der Waals surface area contributed by atoms with Gasteiger partial charge in [0.05, 0.1) is 22.4 Å². The van der Waals surface area contributed by atoms with E-state index in [9.17, 15) is 0 Å². The molecule has 0 amide bonds. The van der Waals surface area contributed by atoms with E-state index in [4.69, 9.17) is 0 Å². The molecule has 149 heavy (non-hydrogen) atoms. The first kappa shape index (κ1) is 96.5. The third kappa shape index (κ3) is 17.8. The summed E-state index contributed by atoms with van der Waals surface area (Å²) in [6.07, 6.45) is 0. The van der Waals surface area contributed by atoms with E-state index in [2.05, 4.69) is 600 Å². The van der Waals surface area contributed by atoms with Gasteiger partial charge in [0.1, 0.15) is 0 Å². The molecule has 0 unspecified atom stereocenters. The van der Waals surface area contributed by atoms with Crippen molar-refractivity contribution in [2.24, 2.45) is 0 Å². The minimum atomic E-state index is -3.00. The van der Waals surface area contributed by atoms with Crippen LogP contribution in [0.15, 0.2) is 461 Å². The zero-order valence-corrected chi connectivity index (χ0v) is 90.3. The predicted molar refractivity (Wildman–Crippen MR) is 645 cm³/mol. The van der Waals surface area contributed by atoms with E-state index >= 15 is 0 Å². The molecule has 2 aliphatic rings. The molecule has 0 spiro atoms. The Morgan fingerprint density at radius 2 is 0.470 bits per heavy atom. The number of benzene rings is 20. The predicted octanol–water partition coefficient (Wildman–Crippen LogP) is 34.7. The SMILES string of the molecule is CC(C)(C)c1cc(-c2cc3c4c(c2)N(c2c(-c5cccc(-c6ccccc6)c5)cc(C(C)(C)C)cc2-c2cccc(-c5ccccc5)c2)c2cc(-n5c6ccc(C(C)(C)C)cc6c6cc(C(C)(C)C)ccc65)ccc2B4c2cc(-c4ccc([Si](c5ccccc5)(c5ccccc5)c5ccccc5)cc4)ccc2N3c2c(-c3cccc(-c4ccccc4)c3)cc(C(C)(C)C)cc2-c2cccc(-c3ccccc3)c2)cc(C(C)(C)C)c1. The molecule has 23 rings (SSSR count). The molecular weight excluding hydrogens is 1810 g/mol. The topological polar surface area (TPSA) is 11.4 Å². The molecular formula is C144H130BN3Si. The number of aromatic nitrogens is 1. The lowest BCUT2D eigenvalue weighted by Crippen LogP contribution is -2.74. The van der Waals surface area contributed by atoms with Crippen LogP contribution >= 0.6 is 0 Å². The highest BCUT2D eigenvalue weighted by Crippen LogP contribution is 2.58. The first-order chi connectivity index (χ1) is 71.6. The lowest BCUT2D eigenvalue weighted by Gasteiger charge is -2.46. The van der Waals surface area contributed by atoms with Crippen LogP contribution in [0, 0.1) is 0 Å². The van der Waals surface area contributed by atoms with Gasteiger partial charge in [0.25, 0.3) is 6.71 Å². The second kappa shape index (κ2) is 37.5. The Bertz CT molecular complexity index is 8290. The molecule has 21 aromatic rings. The number of rotatable bonds is 17.